The molecule has 0 aromatic heterocycles. The van der Waals surface area contributed by atoms with Gasteiger partial charge in [0.15, 0.2) is 6.29 Å². The van der Waals surface area contributed by atoms with Crippen LogP contribution in [0.4, 0.5) is 0 Å². The maximum atomic E-state index is 11.8. The summed E-state index contributed by atoms with van der Waals surface area (Å²) in [7, 11) is -3.28. The molecule has 0 bridgehead atoms. The molecule has 42 heavy (non-hydrogen) atoms. The lowest BCUT2D eigenvalue weighted by atomic mass is 10.1. The first-order valence-electron chi connectivity index (χ1n) is 16.3. The summed E-state index contributed by atoms with van der Waals surface area (Å²) in [5, 5.41) is 10.3. The summed E-state index contributed by atoms with van der Waals surface area (Å²) in [6.07, 6.45) is 4.34. The van der Waals surface area contributed by atoms with Gasteiger partial charge in [0, 0.05) is 33.0 Å². The third-order valence-electron chi connectivity index (χ3n) is 7.04. The van der Waals surface area contributed by atoms with Crippen LogP contribution in [0.1, 0.15) is 98.8 Å². The molecule has 12 heteroatoms. The van der Waals surface area contributed by atoms with E-state index in [0.29, 0.717) is 33.0 Å². The van der Waals surface area contributed by atoms with Crippen LogP contribution in [0.2, 0.25) is 0 Å². The van der Waals surface area contributed by atoms with Crippen molar-refractivity contribution in [1.82, 2.24) is 0 Å². The van der Waals surface area contributed by atoms with Gasteiger partial charge in [0.05, 0.1) is 19.8 Å². The minimum Gasteiger partial charge on any atom is -0.394 e. The fourth-order valence-corrected chi connectivity index (χ4v) is 4.98. The molecule has 252 valence electrons. The lowest BCUT2D eigenvalue weighted by molar-refractivity contribution is -0.217. The molecule has 11 nitrogen and oxygen atoms in total. The first-order valence-corrected chi connectivity index (χ1v) is 17.5. The van der Waals surface area contributed by atoms with E-state index in [1.807, 2.05) is 0 Å². The predicted octanol–water partition coefficient (Wildman–Crippen LogP) is 5.05. The zero-order chi connectivity index (χ0) is 31.0. The first-order chi connectivity index (χ1) is 20.5. The minimum absolute atomic E-state index is 0.0802. The Hall–Kier alpha value is -0.170. The molecule has 0 aromatic carbocycles. The van der Waals surface area contributed by atoms with Crippen molar-refractivity contribution < 1.29 is 52.2 Å². The van der Waals surface area contributed by atoms with Gasteiger partial charge in [-0.2, -0.15) is 0 Å². The predicted molar refractivity (Wildman–Crippen MR) is 162 cm³/mol. The Kier molecular flexibility index (Phi) is 24.8. The second-order valence-electron chi connectivity index (χ2n) is 10.7. The number of aliphatic hydroxyl groups excluding tert-OH is 1. The highest BCUT2D eigenvalue weighted by Crippen LogP contribution is 2.34. The Morgan fingerprint density at radius 1 is 0.714 bits per heavy atom. The average Bonchev–Trinajstić information content (AvgIpc) is 3.29. The Balaban J connectivity index is 3.16. The summed E-state index contributed by atoms with van der Waals surface area (Å²) in [4.78, 5) is 9.66. The molecule has 1 heterocycles. The number of aliphatic hydroxyl groups is 1. The Morgan fingerprint density at radius 3 is 1.83 bits per heavy atom. The second-order valence-corrected chi connectivity index (χ2v) is 11.5. The Labute approximate surface area is 255 Å². The Bertz CT molecular complexity index is 644. The van der Waals surface area contributed by atoms with E-state index in [0.717, 1.165) is 64.2 Å². The van der Waals surface area contributed by atoms with Crippen LogP contribution in [0, 0.1) is 0 Å². The van der Waals surface area contributed by atoms with Crippen LogP contribution in [0.15, 0.2) is 0 Å². The molecular weight excluding hydrogens is 567 g/mol. The second kappa shape index (κ2) is 26.1. The number of rotatable bonds is 29. The van der Waals surface area contributed by atoms with Crippen molar-refractivity contribution in [1.29, 1.82) is 0 Å². The molecule has 2 N–H and O–H groups in total. The van der Waals surface area contributed by atoms with E-state index in [1.165, 1.54) is 0 Å². The summed E-state index contributed by atoms with van der Waals surface area (Å²) in [5.74, 6) is 0. The molecule has 0 spiro atoms. The van der Waals surface area contributed by atoms with Crippen LogP contribution in [-0.2, 0) is 42.2 Å². The van der Waals surface area contributed by atoms with E-state index < -0.39 is 51.2 Å². The van der Waals surface area contributed by atoms with Gasteiger partial charge in [0.2, 0.25) is 0 Å². The zero-order valence-electron chi connectivity index (χ0n) is 26.8. The topological polar surface area (TPSA) is 131 Å². The van der Waals surface area contributed by atoms with E-state index in [9.17, 15) is 14.6 Å². The third-order valence-corrected chi connectivity index (χ3v) is 7.52. The lowest BCUT2D eigenvalue weighted by Crippen LogP contribution is -2.48. The number of hydrogen-bond donors (Lipinski definition) is 2. The van der Waals surface area contributed by atoms with Gasteiger partial charge in [-0.3, -0.25) is 4.57 Å². The zero-order valence-corrected chi connectivity index (χ0v) is 27.8. The molecular formula is C30H61O11P. The summed E-state index contributed by atoms with van der Waals surface area (Å²) in [5.41, 5.74) is 0. The van der Waals surface area contributed by atoms with E-state index >= 15 is 0 Å². The molecule has 1 aliphatic rings. The lowest BCUT2D eigenvalue weighted by Gasteiger charge is -2.33. The minimum atomic E-state index is -3.28. The van der Waals surface area contributed by atoms with E-state index in [1.54, 1.807) is 0 Å². The van der Waals surface area contributed by atoms with Crippen molar-refractivity contribution in [2.24, 2.45) is 0 Å². The molecule has 0 aliphatic carbocycles. The first kappa shape index (κ1) is 39.9. The van der Waals surface area contributed by atoms with Crippen molar-refractivity contribution >= 4 is 8.25 Å². The van der Waals surface area contributed by atoms with Crippen LogP contribution >= 0.6 is 8.25 Å². The van der Waals surface area contributed by atoms with Crippen LogP contribution < -0.4 is 0 Å². The largest absolute Gasteiger partial charge is 0.394 e. The molecule has 8 atom stereocenters. The monoisotopic (exact) mass is 628 g/mol. The SMILES string of the molecule is CCCCOC[C@H]1O[C@@H](OCC(OCCCC)C(OCCCC)C(CO)OCCCC)[C@@H](OCCCC)C1O[PH](=O)O. The quantitative estimate of drug-likeness (QED) is 0.0853. The Morgan fingerprint density at radius 2 is 1.26 bits per heavy atom. The maximum Gasteiger partial charge on any atom is 0.317 e. The number of unbranched alkanes of at least 4 members (excludes halogenated alkanes) is 5. The van der Waals surface area contributed by atoms with Gasteiger partial charge >= 0.3 is 8.25 Å². The fraction of sp³-hybridized carbons (Fsp3) is 1.00. The summed E-state index contributed by atoms with van der Waals surface area (Å²) in [6.45, 7) is 13.0. The van der Waals surface area contributed by atoms with Crippen molar-refractivity contribution in [2.75, 3.05) is 52.9 Å². The molecule has 0 radical (unpaired) electrons. The standard InChI is InChI=1S/C30H61O11P/c1-6-11-16-34-22-26-28(41-42(32)33)29(38-20-15-10-5)30(40-26)39-23-25(36-18-13-8-3)27(37-19-14-9-4)24(21-31)35-17-12-7-2/h24-31,42H,6-23H2,1-5H3,(H,32,33)/t24?,25?,26-,27?,28?,29+,30-/m1/s1. The molecule has 1 aliphatic heterocycles. The van der Waals surface area contributed by atoms with Crippen molar-refractivity contribution in [2.45, 2.75) is 142 Å². The maximum absolute atomic E-state index is 11.8. The van der Waals surface area contributed by atoms with Crippen LogP contribution in [0.5, 0.6) is 0 Å². The molecule has 0 amide bonds. The van der Waals surface area contributed by atoms with Crippen molar-refractivity contribution in [3.05, 3.63) is 0 Å². The molecule has 5 unspecified atom stereocenters. The number of hydrogen-bond acceptors (Lipinski definition) is 10. The molecule has 1 saturated heterocycles. The van der Waals surface area contributed by atoms with Gasteiger partial charge in [-0.05, 0) is 32.1 Å². The van der Waals surface area contributed by atoms with Gasteiger partial charge in [-0.25, -0.2) is 0 Å². The molecule has 0 aromatic rings. The van der Waals surface area contributed by atoms with Gasteiger partial charge in [-0.1, -0.05) is 66.7 Å². The molecule has 1 rings (SSSR count). The fourth-order valence-electron chi connectivity index (χ4n) is 4.46. The van der Waals surface area contributed by atoms with Gasteiger partial charge in [-0.15, -0.1) is 0 Å². The molecule has 1 fully saturated rings. The third kappa shape index (κ3) is 16.2. The smallest absolute Gasteiger partial charge is 0.317 e. The normalized spacial score (nSPS) is 23.7. The van der Waals surface area contributed by atoms with Crippen LogP contribution in [-0.4, -0.2) is 106 Å². The summed E-state index contributed by atoms with van der Waals surface area (Å²) < 4.78 is 60.3. The van der Waals surface area contributed by atoms with E-state index in [-0.39, 0.29) is 19.8 Å². The van der Waals surface area contributed by atoms with Crippen molar-refractivity contribution in [3.8, 4) is 0 Å². The van der Waals surface area contributed by atoms with E-state index in [4.69, 9.17) is 37.7 Å². The molecule has 0 saturated carbocycles. The summed E-state index contributed by atoms with van der Waals surface area (Å²) >= 11 is 0. The highest BCUT2D eigenvalue weighted by atomic mass is 31.1. The van der Waals surface area contributed by atoms with Gasteiger partial charge in [0.1, 0.15) is 36.6 Å². The van der Waals surface area contributed by atoms with E-state index in [2.05, 4.69) is 34.6 Å². The van der Waals surface area contributed by atoms with Gasteiger partial charge < -0.3 is 47.7 Å². The van der Waals surface area contributed by atoms with Crippen LogP contribution in [0.3, 0.4) is 0 Å². The highest BCUT2D eigenvalue weighted by Gasteiger charge is 2.48. The van der Waals surface area contributed by atoms with Gasteiger partial charge in [0.25, 0.3) is 0 Å². The van der Waals surface area contributed by atoms with Crippen molar-refractivity contribution in [3.63, 3.8) is 0 Å². The van der Waals surface area contributed by atoms with Crippen LogP contribution in [0.25, 0.3) is 0 Å². The average molecular weight is 629 g/mol. The number of ether oxygens (including phenoxy) is 7. The highest BCUT2D eigenvalue weighted by molar-refractivity contribution is 7.32. The summed E-state index contributed by atoms with van der Waals surface area (Å²) in [6, 6.07) is 0.